The van der Waals surface area contributed by atoms with Gasteiger partial charge in [-0.25, -0.2) is 4.79 Å². The van der Waals surface area contributed by atoms with Gasteiger partial charge in [-0.1, -0.05) is 6.92 Å². The third-order valence-electron chi connectivity index (χ3n) is 5.38. The van der Waals surface area contributed by atoms with E-state index >= 15 is 0 Å². The second kappa shape index (κ2) is 12.6. The number of piperidine rings is 1. The Kier molecular flexibility index (Phi) is 11.3. The Hall–Kier alpha value is -0.810. The average molecular weight is 496 g/mol. The van der Waals surface area contributed by atoms with Crippen LogP contribution < -0.4 is 11.1 Å². The highest BCUT2D eigenvalue weighted by atomic mass is 127. The number of likely N-dealkylation sites (N-methyl/N-ethyl adjacent to an activating group) is 1. The van der Waals surface area contributed by atoms with Crippen LogP contribution in [-0.2, 0) is 4.74 Å². The van der Waals surface area contributed by atoms with Crippen molar-refractivity contribution >= 4 is 36.0 Å². The van der Waals surface area contributed by atoms with Crippen LogP contribution in [0.4, 0.5) is 4.79 Å². The van der Waals surface area contributed by atoms with Gasteiger partial charge in [0.1, 0.15) is 0 Å². The van der Waals surface area contributed by atoms with E-state index in [4.69, 9.17) is 10.5 Å². The Labute approximate surface area is 180 Å². The van der Waals surface area contributed by atoms with Gasteiger partial charge in [-0.3, -0.25) is 9.89 Å². The summed E-state index contributed by atoms with van der Waals surface area (Å²) in [7, 11) is 0. The summed E-state index contributed by atoms with van der Waals surface area (Å²) >= 11 is 0. The molecule has 27 heavy (non-hydrogen) atoms. The van der Waals surface area contributed by atoms with Crippen molar-refractivity contribution < 1.29 is 9.53 Å². The Balaban J connectivity index is 0.00000364. The second-order valence-electron chi connectivity index (χ2n) is 7.15. The van der Waals surface area contributed by atoms with Crippen molar-refractivity contribution in [1.82, 2.24) is 20.0 Å². The molecule has 1 unspecified atom stereocenters. The van der Waals surface area contributed by atoms with E-state index in [2.05, 4.69) is 34.0 Å². The number of nitrogens with two attached hydrogens (primary N) is 1. The molecule has 0 aromatic heterocycles. The topological polar surface area (TPSA) is 86.4 Å². The molecule has 1 atom stereocenters. The number of rotatable bonds is 6. The largest absolute Gasteiger partial charge is 0.450 e. The molecule has 0 saturated carbocycles. The maximum atomic E-state index is 11.7. The Bertz CT molecular complexity index is 463. The average Bonchev–Trinajstić information content (AvgIpc) is 2.67. The number of ether oxygens (including phenoxy) is 1. The Morgan fingerprint density at radius 3 is 2.37 bits per heavy atom. The number of carbonyl (C=O) groups is 1. The van der Waals surface area contributed by atoms with Gasteiger partial charge in [0, 0.05) is 51.4 Å². The zero-order chi connectivity index (χ0) is 18.9. The van der Waals surface area contributed by atoms with Crippen LogP contribution in [0.3, 0.4) is 0 Å². The third-order valence-corrected chi connectivity index (χ3v) is 5.38. The highest BCUT2D eigenvalue weighted by Gasteiger charge is 2.24. The first-order chi connectivity index (χ1) is 12.5. The van der Waals surface area contributed by atoms with Gasteiger partial charge >= 0.3 is 6.09 Å². The van der Waals surface area contributed by atoms with Gasteiger partial charge in [-0.05, 0) is 33.2 Å². The predicted octanol–water partition coefficient (Wildman–Crippen LogP) is 1.16. The molecule has 0 spiro atoms. The highest BCUT2D eigenvalue weighted by Crippen LogP contribution is 2.11. The van der Waals surface area contributed by atoms with Gasteiger partial charge in [0.15, 0.2) is 5.96 Å². The van der Waals surface area contributed by atoms with Crippen LogP contribution in [0.5, 0.6) is 0 Å². The van der Waals surface area contributed by atoms with Crippen LogP contribution in [0.2, 0.25) is 0 Å². The smallest absolute Gasteiger partial charge is 0.409 e. The molecule has 1 amide bonds. The number of nitrogens with zero attached hydrogens (tertiary/aromatic N) is 4. The molecule has 0 aliphatic carbocycles. The molecule has 2 heterocycles. The fourth-order valence-electron chi connectivity index (χ4n) is 3.54. The van der Waals surface area contributed by atoms with Crippen molar-refractivity contribution in [3.63, 3.8) is 0 Å². The highest BCUT2D eigenvalue weighted by molar-refractivity contribution is 14.0. The minimum absolute atomic E-state index is 0. The van der Waals surface area contributed by atoms with E-state index in [-0.39, 0.29) is 36.1 Å². The molecule has 3 N–H and O–H groups in total. The number of nitrogens with one attached hydrogen (secondary N) is 1. The molecule has 8 nitrogen and oxygen atoms in total. The first kappa shape index (κ1) is 24.2. The van der Waals surface area contributed by atoms with Crippen LogP contribution >= 0.6 is 24.0 Å². The standard InChI is InChI=1S/C18H36N6O2.HI/c1-4-22-10-12-23(13-11-22)15(3)14-20-17(19)21-16-6-8-24(9-7-16)18(25)26-5-2;/h15-16H,4-14H2,1-3H3,(H3,19,20,21);1H. The fourth-order valence-corrected chi connectivity index (χ4v) is 3.54. The normalized spacial score (nSPS) is 21.4. The summed E-state index contributed by atoms with van der Waals surface area (Å²) in [6.07, 6.45) is 1.51. The quantitative estimate of drug-likeness (QED) is 0.326. The number of hydrogen-bond acceptors (Lipinski definition) is 5. The van der Waals surface area contributed by atoms with Gasteiger partial charge in [0.2, 0.25) is 0 Å². The molecule has 2 aliphatic rings. The van der Waals surface area contributed by atoms with Crippen molar-refractivity contribution in [2.75, 3.05) is 59.0 Å². The zero-order valence-electron chi connectivity index (χ0n) is 17.0. The van der Waals surface area contributed by atoms with Crippen LogP contribution in [-0.4, -0.2) is 97.8 Å². The number of guanidine groups is 1. The summed E-state index contributed by atoms with van der Waals surface area (Å²) < 4.78 is 5.04. The lowest BCUT2D eigenvalue weighted by Gasteiger charge is -2.37. The summed E-state index contributed by atoms with van der Waals surface area (Å²) in [6.45, 7) is 14.4. The SMILES string of the molecule is CCOC(=O)N1CCC(NC(N)=NCC(C)N2CCN(CC)CC2)CC1.I. The van der Waals surface area contributed by atoms with Crippen molar-refractivity contribution in [2.45, 2.75) is 45.7 Å². The fraction of sp³-hybridized carbons (Fsp3) is 0.889. The maximum absolute atomic E-state index is 11.7. The first-order valence-corrected chi connectivity index (χ1v) is 9.98. The van der Waals surface area contributed by atoms with E-state index in [9.17, 15) is 4.79 Å². The van der Waals surface area contributed by atoms with Gasteiger partial charge < -0.3 is 25.6 Å². The van der Waals surface area contributed by atoms with Gasteiger partial charge in [0.25, 0.3) is 0 Å². The van der Waals surface area contributed by atoms with E-state index in [0.717, 1.165) is 45.6 Å². The number of piperazine rings is 1. The molecule has 0 radical (unpaired) electrons. The molecule has 2 rings (SSSR count). The van der Waals surface area contributed by atoms with Gasteiger partial charge in [-0.15, -0.1) is 24.0 Å². The van der Waals surface area contributed by atoms with Crippen LogP contribution in [0.1, 0.15) is 33.6 Å². The van der Waals surface area contributed by atoms with Crippen LogP contribution in [0.25, 0.3) is 0 Å². The monoisotopic (exact) mass is 496 g/mol. The van der Waals surface area contributed by atoms with E-state index in [1.54, 1.807) is 4.90 Å². The molecule has 0 aromatic rings. The molecule has 2 fully saturated rings. The van der Waals surface area contributed by atoms with Crippen molar-refractivity contribution in [3.05, 3.63) is 0 Å². The number of hydrogen-bond donors (Lipinski definition) is 2. The molecule has 0 aromatic carbocycles. The first-order valence-electron chi connectivity index (χ1n) is 9.98. The van der Waals surface area contributed by atoms with E-state index in [1.165, 1.54) is 0 Å². The second-order valence-corrected chi connectivity index (χ2v) is 7.15. The van der Waals surface area contributed by atoms with Crippen LogP contribution in [0, 0.1) is 0 Å². The minimum atomic E-state index is -0.218. The summed E-state index contributed by atoms with van der Waals surface area (Å²) in [6, 6.07) is 0.674. The number of amides is 1. The summed E-state index contributed by atoms with van der Waals surface area (Å²) in [5, 5.41) is 3.31. The molecule has 9 heteroatoms. The predicted molar refractivity (Wildman–Crippen MR) is 120 cm³/mol. The van der Waals surface area contributed by atoms with Crippen molar-refractivity contribution in [3.8, 4) is 0 Å². The number of halogens is 1. The number of likely N-dealkylation sites (tertiary alicyclic amines) is 1. The molecule has 158 valence electrons. The molecular weight excluding hydrogens is 459 g/mol. The molecular formula is C18H37IN6O2. The Morgan fingerprint density at radius 2 is 1.81 bits per heavy atom. The number of carbonyl (C=O) groups excluding carboxylic acids is 1. The van der Waals surface area contributed by atoms with Crippen molar-refractivity contribution in [2.24, 2.45) is 10.7 Å². The van der Waals surface area contributed by atoms with E-state index < -0.39 is 0 Å². The minimum Gasteiger partial charge on any atom is -0.450 e. The molecule has 0 bridgehead atoms. The van der Waals surface area contributed by atoms with Gasteiger partial charge in [-0.2, -0.15) is 0 Å². The molecule has 2 aliphatic heterocycles. The third kappa shape index (κ3) is 7.98. The van der Waals surface area contributed by atoms with E-state index in [1.807, 2.05) is 6.92 Å². The zero-order valence-corrected chi connectivity index (χ0v) is 19.4. The summed E-state index contributed by atoms with van der Waals surface area (Å²) in [4.78, 5) is 23.0. The number of aliphatic imine (C=N–C) groups is 1. The Morgan fingerprint density at radius 1 is 1.19 bits per heavy atom. The van der Waals surface area contributed by atoms with E-state index in [0.29, 0.717) is 38.2 Å². The summed E-state index contributed by atoms with van der Waals surface area (Å²) in [5.74, 6) is 0.513. The lowest BCUT2D eigenvalue weighted by molar-refractivity contribution is 0.0963. The maximum Gasteiger partial charge on any atom is 0.409 e. The summed E-state index contributed by atoms with van der Waals surface area (Å²) in [5.41, 5.74) is 6.08. The lowest BCUT2D eigenvalue weighted by Crippen LogP contribution is -2.51. The molecule has 2 saturated heterocycles. The van der Waals surface area contributed by atoms with Crippen LogP contribution in [0.15, 0.2) is 4.99 Å². The van der Waals surface area contributed by atoms with Gasteiger partial charge in [0.05, 0.1) is 13.2 Å². The van der Waals surface area contributed by atoms with Crippen molar-refractivity contribution in [1.29, 1.82) is 0 Å². The lowest BCUT2D eigenvalue weighted by atomic mass is 10.1.